The standard InChI is InChI=1S/C8H14OS2/c1-8(7(9)11-10)5-3-2-4-6-8/h10H,2-6H2,1H3. The second kappa shape index (κ2) is 3.85. The molecule has 0 radical (unpaired) electrons. The van der Waals surface area contributed by atoms with E-state index in [0.29, 0.717) is 0 Å². The molecule has 0 heterocycles. The van der Waals surface area contributed by atoms with Crippen LogP contribution in [0, 0.1) is 5.41 Å². The van der Waals surface area contributed by atoms with Gasteiger partial charge in [-0.05, 0) is 23.6 Å². The molecule has 0 amide bonds. The Bertz CT molecular complexity index is 150. The summed E-state index contributed by atoms with van der Waals surface area (Å²) in [5, 5.41) is 0.250. The SMILES string of the molecule is CC1(C(=O)SS)CCCCC1. The predicted molar refractivity (Wildman–Crippen MR) is 52.8 cm³/mol. The normalized spacial score (nSPS) is 23.1. The summed E-state index contributed by atoms with van der Waals surface area (Å²) >= 11 is 3.95. The first kappa shape index (κ1) is 9.46. The molecule has 0 unspecified atom stereocenters. The van der Waals surface area contributed by atoms with Crippen LogP contribution in [0.1, 0.15) is 39.0 Å². The van der Waals surface area contributed by atoms with Crippen molar-refractivity contribution in [1.29, 1.82) is 0 Å². The summed E-state index contributed by atoms with van der Waals surface area (Å²) in [7, 11) is 1.09. The van der Waals surface area contributed by atoms with Gasteiger partial charge in [-0.1, -0.05) is 26.2 Å². The molecule has 0 aliphatic heterocycles. The van der Waals surface area contributed by atoms with E-state index in [4.69, 9.17) is 0 Å². The van der Waals surface area contributed by atoms with Crippen molar-refractivity contribution >= 4 is 27.6 Å². The highest BCUT2D eigenvalue weighted by Crippen LogP contribution is 2.40. The molecule has 0 spiro atoms. The first-order chi connectivity index (χ1) is 5.19. The zero-order valence-electron chi connectivity index (χ0n) is 6.80. The Labute approximate surface area is 77.1 Å². The Balaban J connectivity index is 2.56. The van der Waals surface area contributed by atoms with Gasteiger partial charge in [-0.3, -0.25) is 4.79 Å². The Morgan fingerprint density at radius 2 is 1.91 bits per heavy atom. The van der Waals surface area contributed by atoms with E-state index in [-0.39, 0.29) is 10.5 Å². The lowest BCUT2D eigenvalue weighted by Crippen LogP contribution is -2.27. The van der Waals surface area contributed by atoms with Gasteiger partial charge in [-0.25, -0.2) is 0 Å². The van der Waals surface area contributed by atoms with Gasteiger partial charge in [0, 0.05) is 5.41 Å². The minimum Gasteiger partial charge on any atom is -0.286 e. The lowest BCUT2D eigenvalue weighted by Gasteiger charge is -2.30. The molecule has 1 aliphatic carbocycles. The molecule has 3 heteroatoms. The van der Waals surface area contributed by atoms with E-state index < -0.39 is 0 Å². The van der Waals surface area contributed by atoms with Crippen molar-refractivity contribution in [2.75, 3.05) is 0 Å². The van der Waals surface area contributed by atoms with E-state index in [1.54, 1.807) is 0 Å². The van der Waals surface area contributed by atoms with Crippen LogP contribution in [-0.2, 0) is 4.79 Å². The highest BCUT2D eigenvalue weighted by atomic mass is 33.1. The monoisotopic (exact) mass is 190 g/mol. The first-order valence-electron chi connectivity index (χ1n) is 4.05. The van der Waals surface area contributed by atoms with Crippen molar-refractivity contribution in [3.05, 3.63) is 0 Å². The van der Waals surface area contributed by atoms with Gasteiger partial charge in [-0.2, -0.15) is 0 Å². The van der Waals surface area contributed by atoms with E-state index in [2.05, 4.69) is 18.6 Å². The maximum atomic E-state index is 11.4. The zero-order valence-corrected chi connectivity index (χ0v) is 8.51. The van der Waals surface area contributed by atoms with Crippen molar-refractivity contribution in [3.8, 4) is 0 Å². The van der Waals surface area contributed by atoms with Crippen LogP contribution in [0.25, 0.3) is 0 Å². The van der Waals surface area contributed by atoms with E-state index in [1.165, 1.54) is 19.3 Å². The summed E-state index contributed by atoms with van der Waals surface area (Å²) in [6.07, 6.45) is 5.81. The first-order valence-corrected chi connectivity index (χ1v) is 5.92. The van der Waals surface area contributed by atoms with Crippen LogP contribution in [-0.4, -0.2) is 5.12 Å². The lowest BCUT2D eigenvalue weighted by atomic mass is 9.77. The largest absolute Gasteiger partial charge is 0.286 e. The minimum absolute atomic E-state index is 0.0648. The molecule has 11 heavy (non-hydrogen) atoms. The third kappa shape index (κ3) is 2.15. The highest BCUT2D eigenvalue weighted by molar-refractivity contribution is 8.74. The Morgan fingerprint density at radius 1 is 1.36 bits per heavy atom. The van der Waals surface area contributed by atoms with E-state index in [1.807, 2.05) is 0 Å². The van der Waals surface area contributed by atoms with Crippen LogP contribution in [0.15, 0.2) is 0 Å². The van der Waals surface area contributed by atoms with Crippen LogP contribution in [0.5, 0.6) is 0 Å². The average molecular weight is 190 g/mol. The van der Waals surface area contributed by atoms with Crippen LogP contribution in [0.3, 0.4) is 0 Å². The van der Waals surface area contributed by atoms with Gasteiger partial charge in [-0.15, -0.1) is 11.7 Å². The quantitative estimate of drug-likeness (QED) is 0.505. The maximum Gasteiger partial charge on any atom is 0.205 e. The van der Waals surface area contributed by atoms with Crippen LogP contribution in [0.2, 0.25) is 0 Å². The number of hydrogen-bond donors (Lipinski definition) is 1. The second-order valence-electron chi connectivity index (χ2n) is 3.50. The molecule has 1 saturated carbocycles. The molecule has 64 valence electrons. The van der Waals surface area contributed by atoms with Gasteiger partial charge in [0.2, 0.25) is 5.12 Å². The summed E-state index contributed by atoms with van der Waals surface area (Å²) in [5.41, 5.74) is -0.0648. The van der Waals surface area contributed by atoms with Crippen LogP contribution >= 0.6 is 22.5 Å². The molecule has 1 aliphatic rings. The number of carbonyl (C=O) groups is 1. The van der Waals surface area contributed by atoms with Crippen molar-refractivity contribution in [2.45, 2.75) is 39.0 Å². The summed E-state index contributed by atoms with van der Waals surface area (Å²) in [6.45, 7) is 2.07. The van der Waals surface area contributed by atoms with Gasteiger partial charge in [0.1, 0.15) is 0 Å². The summed E-state index contributed by atoms with van der Waals surface area (Å²) in [5.74, 6) is 0. The molecule has 1 rings (SSSR count). The van der Waals surface area contributed by atoms with Gasteiger partial charge in [0.15, 0.2) is 0 Å². The molecule has 0 saturated heterocycles. The predicted octanol–water partition coefficient (Wildman–Crippen LogP) is 3.06. The molecule has 0 aromatic carbocycles. The van der Waals surface area contributed by atoms with Crippen molar-refractivity contribution < 1.29 is 4.79 Å². The summed E-state index contributed by atoms with van der Waals surface area (Å²) in [6, 6.07) is 0. The van der Waals surface area contributed by atoms with Crippen molar-refractivity contribution in [1.82, 2.24) is 0 Å². The molecule has 1 nitrogen and oxygen atoms in total. The lowest BCUT2D eigenvalue weighted by molar-refractivity contribution is -0.120. The fourth-order valence-corrected chi connectivity index (χ4v) is 2.73. The molecule has 0 aromatic rings. The molecule has 0 atom stereocenters. The number of hydrogen-bond acceptors (Lipinski definition) is 3. The van der Waals surface area contributed by atoms with Crippen LogP contribution < -0.4 is 0 Å². The van der Waals surface area contributed by atoms with Crippen molar-refractivity contribution in [3.63, 3.8) is 0 Å². The number of carbonyl (C=O) groups excluding carboxylic acids is 1. The Kier molecular flexibility index (Phi) is 3.31. The van der Waals surface area contributed by atoms with E-state index in [0.717, 1.165) is 23.6 Å². The van der Waals surface area contributed by atoms with Gasteiger partial charge >= 0.3 is 0 Å². The average Bonchev–Trinajstić information content (AvgIpc) is 2.04. The highest BCUT2D eigenvalue weighted by Gasteiger charge is 2.33. The smallest absolute Gasteiger partial charge is 0.205 e. The third-order valence-electron chi connectivity index (χ3n) is 2.53. The fraction of sp³-hybridized carbons (Fsp3) is 0.875. The fourth-order valence-electron chi connectivity index (χ4n) is 1.65. The Hall–Kier alpha value is 0.370. The molecule has 0 aromatic heterocycles. The summed E-state index contributed by atoms with van der Waals surface area (Å²) in [4.78, 5) is 11.4. The van der Waals surface area contributed by atoms with Crippen LogP contribution in [0.4, 0.5) is 0 Å². The zero-order chi connectivity index (χ0) is 8.32. The Morgan fingerprint density at radius 3 is 2.36 bits per heavy atom. The molecule has 0 N–H and O–H groups in total. The van der Waals surface area contributed by atoms with E-state index >= 15 is 0 Å². The van der Waals surface area contributed by atoms with E-state index in [9.17, 15) is 4.79 Å². The van der Waals surface area contributed by atoms with Gasteiger partial charge in [0.25, 0.3) is 0 Å². The number of thiol groups is 1. The molecular formula is C8H14OS2. The molecule has 1 fully saturated rings. The third-order valence-corrected chi connectivity index (χ3v) is 3.69. The van der Waals surface area contributed by atoms with Gasteiger partial charge < -0.3 is 0 Å². The maximum absolute atomic E-state index is 11.4. The molecule has 0 bridgehead atoms. The number of rotatable bonds is 1. The topological polar surface area (TPSA) is 17.1 Å². The minimum atomic E-state index is -0.0648. The second-order valence-corrected chi connectivity index (χ2v) is 4.60. The van der Waals surface area contributed by atoms with Crippen molar-refractivity contribution in [2.24, 2.45) is 5.41 Å². The van der Waals surface area contributed by atoms with Gasteiger partial charge in [0.05, 0.1) is 0 Å². The summed E-state index contributed by atoms with van der Waals surface area (Å²) < 4.78 is 0. The molecular weight excluding hydrogens is 176 g/mol.